The Kier molecular flexibility index (Phi) is 2.65. The minimum Gasteiger partial charge on any atom is -0.349 e. The average Bonchev–Trinajstić information content (AvgIpc) is 2.41. The van der Waals surface area contributed by atoms with Gasteiger partial charge in [0.15, 0.2) is 6.29 Å². The number of fused-ring (bicyclic) bond motifs is 1. The molecule has 0 radical (unpaired) electrons. The van der Waals surface area contributed by atoms with Gasteiger partial charge in [-0.2, -0.15) is 0 Å². The summed E-state index contributed by atoms with van der Waals surface area (Å²) in [7, 11) is 0. The summed E-state index contributed by atoms with van der Waals surface area (Å²) >= 11 is 5.37. The minimum absolute atomic E-state index is 0.116. The van der Waals surface area contributed by atoms with Crippen molar-refractivity contribution in [3.05, 3.63) is 19.4 Å². The molecule has 0 bridgehead atoms. The Balaban J connectivity index is 2.73. The van der Waals surface area contributed by atoms with Gasteiger partial charge in [0, 0.05) is 13.1 Å². The number of nitrogens with one attached hydrogen (secondary N) is 1. The van der Waals surface area contributed by atoms with E-state index in [1.54, 1.807) is 4.57 Å². The van der Waals surface area contributed by atoms with Gasteiger partial charge in [-0.15, -0.1) is 0 Å². The minimum atomic E-state index is -0.116. The molecule has 0 fully saturated rings. The van der Waals surface area contributed by atoms with Gasteiger partial charge in [0.2, 0.25) is 0 Å². The van der Waals surface area contributed by atoms with Crippen LogP contribution >= 0.6 is 38.5 Å². The Morgan fingerprint density at radius 1 is 1.57 bits per heavy atom. The second kappa shape index (κ2) is 3.65. The molecule has 1 aliphatic heterocycles. The van der Waals surface area contributed by atoms with Gasteiger partial charge in [-0.3, -0.25) is 9.59 Å². The number of hydrogen-bond donors (Lipinski definition) is 1. The first kappa shape index (κ1) is 10.2. The van der Waals surface area contributed by atoms with Crippen molar-refractivity contribution in [2.24, 2.45) is 0 Å². The molecule has 74 valence electrons. The molecule has 0 saturated carbocycles. The first-order valence-electron chi connectivity index (χ1n) is 3.97. The van der Waals surface area contributed by atoms with Crippen LogP contribution in [-0.2, 0) is 6.54 Å². The first-order valence-corrected chi connectivity index (χ1v) is 5.85. The lowest BCUT2D eigenvalue weighted by molar-refractivity contribution is 0.0926. The van der Waals surface area contributed by atoms with Crippen LogP contribution in [0, 0.1) is 3.57 Å². The van der Waals surface area contributed by atoms with E-state index in [-0.39, 0.29) is 5.91 Å². The van der Waals surface area contributed by atoms with Crippen molar-refractivity contribution in [2.45, 2.75) is 6.54 Å². The van der Waals surface area contributed by atoms with Crippen molar-refractivity contribution in [3.63, 3.8) is 0 Å². The summed E-state index contributed by atoms with van der Waals surface area (Å²) in [5.74, 6) is -0.116. The van der Waals surface area contributed by atoms with Crippen LogP contribution in [0.5, 0.6) is 0 Å². The molecule has 2 heterocycles. The second-order valence-electron chi connectivity index (χ2n) is 2.89. The number of carbonyl (C=O) groups is 2. The molecule has 1 N–H and O–H groups in total. The van der Waals surface area contributed by atoms with Crippen molar-refractivity contribution in [2.75, 3.05) is 6.54 Å². The van der Waals surface area contributed by atoms with Crippen molar-refractivity contribution in [1.29, 1.82) is 0 Å². The molecule has 1 amide bonds. The predicted molar refractivity (Wildman–Crippen MR) is 62.6 cm³/mol. The monoisotopic (exact) mass is 368 g/mol. The third-order valence-corrected chi connectivity index (χ3v) is 4.73. The fraction of sp³-hybridized carbons (Fsp3) is 0.250. The summed E-state index contributed by atoms with van der Waals surface area (Å²) in [4.78, 5) is 22.3. The van der Waals surface area contributed by atoms with Crippen LogP contribution in [0.1, 0.15) is 21.0 Å². The summed E-state index contributed by atoms with van der Waals surface area (Å²) in [6, 6.07) is 0. The van der Waals surface area contributed by atoms with Crippen LogP contribution in [-0.4, -0.2) is 23.3 Å². The average molecular weight is 369 g/mol. The van der Waals surface area contributed by atoms with Gasteiger partial charge < -0.3 is 9.88 Å². The highest BCUT2D eigenvalue weighted by Gasteiger charge is 2.26. The van der Waals surface area contributed by atoms with E-state index in [0.717, 1.165) is 9.86 Å². The Morgan fingerprint density at radius 3 is 2.93 bits per heavy atom. The van der Waals surface area contributed by atoms with E-state index < -0.39 is 0 Å². The van der Waals surface area contributed by atoms with E-state index >= 15 is 0 Å². The van der Waals surface area contributed by atoms with Gasteiger partial charge >= 0.3 is 0 Å². The molecule has 14 heavy (non-hydrogen) atoms. The number of amides is 1. The van der Waals surface area contributed by atoms with Crippen LogP contribution in [0.2, 0.25) is 0 Å². The van der Waals surface area contributed by atoms with E-state index in [2.05, 4.69) is 43.8 Å². The third kappa shape index (κ3) is 1.31. The van der Waals surface area contributed by atoms with Gasteiger partial charge in [-0.25, -0.2) is 0 Å². The highest BCUT2D eigenvalue weighted by molar-refractivity contribution is 14.1. The first-order chi connectivity index (χ1) is 6.66. The largest absolute Gasteiger partial charge is 0.349 e. The summed E-state index contributed by atoms with van der Waals surface area (Å²) in [6.07, 6.45) is 0.772. The van der Waals surface area contributed by atoms with Crippen molar-refractivity contribution in [1.82, 2.24) is 9.88 Å². The quantitative estimate of drug-likeness (QED) is 0.602. The van der Waals surface area contributed by atoms with Crippen molar-refractivity contribution < 1.29 is 9.59 Å². The molecule has 0 aliphatic carbocycles. The molecule has 0 unspecified atom stereocenters. The maximum absolute atomic E-state index is 11.5. The van der Waals surface area contributed by atoms with E-state index in [0.29, 0.717) is 29.0 Å². The molecule has 4 nitrogen and oxygen atoms in total. The fourth-order valence-corrected chi connectivity index (χ4v) is 2.82. The lowest BCUT2D eigenvalue weighted by Crippen LogP contribution is -2.36. The summed E-state index contributed by atoms with van der Waals surface area (Å²) in [6.45, 7) is 1.22. The zero-order valence-electron chi connectivity index (χ0n) is 7.01. The van der Waals surface area contributed by atoms with Gasteiger partial charge in [-0.1, -0.05) is 0 Å². The normalized spacial score (nSPS) is 14.9. The lowest BCUT2D eigenvalue weighted by atomic mass is 10.3. The highest BCUT2D eigenvalue weighted by Crippen LogP contribution is 2.29. The molecular formula is C8H6BrIN2O2. The number of aldehydes is 1. The van der Waals surface area contributed by atoms with Crippen LogP contribution in [0.4, 0.5) is 0 Å². The number of rotatable bonds is 1. The topological polar surface area (TPSA) is 51.1 Å². The number of hydrogen-bond acceptors (Lipinski definition) is 2. The molecule has 1 aliphatic rings. The summed E-state index contributed by atoms with van der Waals surface area (Å²) < 4.78 is 3.25. The van der Waals surface area contributed by atoms with Crippen LogP contribution in [0.15, 0.2) is 4.47 Å². The summed E-state index contributed by atoms with van der Waals surface area (Å²) in [5, 5.41) is 2.74. The second-order valence-corrected chi connectivity index (χ2v) is 4.76. The lowest BCUT2D eigenvalue weighted by Gasteiger charge is -2.16. The molecular weight excluding hydrogens is 363 g/mol. The highest BCUT2D eigenvalue weighted by atomic mass is 127. The SMILES string of the molecule is O=Cc1c(Br)c(I)c2n1CCNC2=O. The molecule has 0 atom stereocenters. The van der Waals surface area contributed by atoms with Crippen LogP contribution in [0.3, 0.4) is 0 Å². The molecule has 1 aromatic rings. The van der Waals surface area contributed by atoms with Crippen molar-refractivity contribution in [3.8, 4) is 0 Å². The maximum Gasteiger partial charge on any atom is 0.269 e. The molecule has 0 saturated heterocycles. The number of nitrogens with zero attached hydrogens (tertiary/aromatic N) is 1. The summed E-state index contributed by atoms with van der Waals surface area (Å²) in [5.41, 5.74) is 1.12. The standard InChI is InChI=1S/C8H6BrIN2O2/c9-5-4(3-13)12-2-1-11-8(14)7(12)6(5)10/h3H,1-2H2,(H,11,14). The number of aromatic nitrogens is 1. The zero-order chi connectivity index (χ0) is 10.3. The van der Waals surface area contributed by atoms with Gasteiger partial charge in [-0.05, 0) is 38.5 Å². The van der Waals surface area contributed by atoms with E-state index in [9.17, 15) is 9.59 Å². The maximum atomic E-state index is 11.5. The third-order valence-electron chi connectivity index (χ3n) is 2.13. The van der Waals surface area contributed by atoms with Crippen LogP contribution in [0.25, 0.3) is 0 Å². The van der Waals surface area contributed by atoms with E-state index in [1.807, 2.05) is 0 Å². The van der Waals surface area contributed by atoms with E-state index in [1.165, 1.54) is 0 Å². The fourth-order valence-electron chi connectivity index (χ4n) is 1.51. The Morgan fingerprint density at radius 2 is 2.29 bits per heavy atom. The molecule has 0 spiro atoms. The molecule has 0 aromatic carbocycles. The molecule has 1 aromatic heterocycles. The Bertz CT molecular complexity index is 427. The predicted octanol–water partition coefficient (Wildman–Crippen LogP) is 1.41. The number of carbonyl (C=O) groups excluding carboxylic acids is 2. The Labute approximate surface area is 102 Å². The van der Waals surface area contributed by atoms with Gasteiger partial charge in [0.05, 0.1) is 13.7 Å². The van der Waals surface area contributed by atoms with Crippen LogP contribution < -0.4 is 5.32 Å². The Hall–Kier alpha value is -0.370. The number of halogens is 2. The zero-order valence-corrected chi connectivity index (χ0v) is 10.8. The molecule has 6 heteroatoms. The van der Waals surface area contributed by atoms with Gasteiger partial charge in [0.25, 0.3) is 5.91 Å². The van der Waals surface area contributed by atoms with Crippen molar-refractivity contribution >= 4 is 50.7 Å². The van der Waals surface area contributed by atoms with Gasteiger partial charge in [0.1, 0.15) is 5.69 Å². The van der Waals surface area contributed by atoms with E-state index in [4.69, 9.17) is 0 Å². The smallest absolute Gasteiger partial charge is 0.269 e. The molecule has 2 rings (SSSR count).